The molecule has 1 fully saturated rings. The minimum Gasteiger partial charge on any atom is -0.490 e. The van der Waals surface area contributed by atoms with Crippen LogP contribution < -0.4 is 10.5 Å². The highest BCUT2D eigenvalue weighted by atomic mass is 79.9. The Kier molecular flexibility index (Phi) is 6.05. The number of ether oxygens (including phenoxy) is 2. The van der Waals surface area contributed by atoms with Gasteiger partial charge in [0.2, 0.25) is 0 Å². The van der Waals surface area contributed by atoms with Crippen LogP contribution in [0.3, 0.4) is 0 Å². The van der Waals surface area contributed by atoms with Gasteiger partial charge >= 0.3 is 0 Å². The predicted molar refractivity (Wildman–Crippen MR) is 88.7 cm³/mol. The lowest BCUT2D eigenvalue weighted by molar-refractivity contribution is -0.0565. The van der Waals surface area contributed by atoms with Crippen LogP contribution in [0.2, 0.25) is 0 Å². The Morgan fingerprint density at radius 3 is 2.86 bits per heavy atom. The fraction of sp³-hybridized carbons (Fsp3) is 0.625. The maximum atomic E-state index is 6.01. The summed E-state index contributed by atoms with van der Waals surface area (Å²) in [6, 6.07) is 6.44. The van der Waals surface area contributed by atoms with Crippen molar-refractivity contribution in [2.75, 3.05) is 26.3 Å². The Morgan fingerprint density at radius 1 is 1.43 bits per heavy atom. The average Bonchev–Trinajstić information content (AvgIpc) is 2.46. The van der Waals surface area contributed by atoms with Gasteiger partial charge in [0, 0.05) is 35.2 Å². The van der Waals surface area contributed by atoms with Gasteiger partial charge in [-0.25, -0.2) is 0 Å². The Labute approximate surface area is 135 Å². The zero-order valence-corrected chi connectivity index (χ0v) is 14.6. The first-order chi connectivity index (χ1) is 9.97. The van der Waals surface area contributed by atoms with Crippen LogP contribution >= 0.6 is 15.9 Å². The van der Waals surface area contributed by atoms with Crippen molar-refractivity contribution in [3.8, 4) is 5.75 Å². The van der Waals surface area contributed by atoms with Crippen LogP contribution in [0.15, 0.2) is 22.7 Å². The first-order valence-electron chi connectivity index (χ1n) is 7.51. The van der Waals surface area contributed by atoms with Gasteiger partial charge in [-0.1, -0.05) is 15.9 Å². The average molecular weight is 357 g/mol. The van der Waals surface area contributed by atoms with Gasteiger partial charge < -0.3 is 15.2 Å². The smallest absolute Gasteiger partial charge is 0.124 e. The summed E-state index contributed by atoms with van der Waals surface area (Å²) >= 11 is 3.47. The zero-order valence-electron chi connectivity index (χ0n) is 13.0. The van der Waals surface area contributed by atoms with Gasteiger partial charge in [-0.15, -0.1) is 0 Å². The lowest BCUT2D eigenvalue weighted by Crippen LogP contribution is -2.47. The van der Waals surface area contributed by atoms with E-state index in [2.05, 4.69) is 34.7 Å². The summed E-state index contributed by atoms with van der Waals surface area (Å²) in [5.74, 6) is 0.846. The van der Waals surface area contributed by atoms with E-state index in [9.17, 15) is 0 Å². The van der Waals surface area contributed by atoms with Crippen LogP contribution in [0.4, 0.5) is 0 Å². The number of hydrogen-bond donors (Lipinski definition) is 1. The number of hydrogen-bond acceptors (Lipinski definition) is 4. The van der Waals surface area contributed by atoms with Crippen molar-refractivity contribution in [3.05, 3.63) is 28.2 Å². The number of halogens is 1. The molecule has 2 atom stereocenters. The molecule has 1 aliphatic heterocycles. The van der Waals surface area contributed by atoms with Gasteiger partial charge in [0.25, 0.3) is 0 Å². The minimum atomic E-state index is -0.0584. The molecule has 0 saturated carbocycles. The van der Waals surface area contributed by atoms with Crippen LogP contribution in [0.25, 0.3) is 0 Å². The highest BCUT2D eigenvalue weighted by molar-refractivity contribution is 9.10. The number of nitrogens with two attached hydrogens (primary N) is 1. The molecule has 1 aromatic rings. The molecular formula is C16H25BrN2O2. The van der Waals surface area contributed by atoms with Crippen LogP contribution in [0, 0.1) is 0 Å². The standard InChI is InChI=1S/C16H25BrN2O2/c1-11(2)19-6-7-20-14(9-19)10-21-16-5-4-13(17)8-15(16)12(3)18/h4-5,8,11-12,14H,6-7,9-10,18H2,1-3H3/t12-,14?/m0/s1. The fourth-order valence-electron chi connectivity index (χ4n) is 2.50. The van der Waals surface area contributed by atoms with E-state index in [0.717, 1.165) is 35.5 Å². The molecule has 0 bridgehead atoms. The van der Waals surface area contributed by atoms with Crippen LogP contribution in [-0.2, 0) is 4.74 Å². The van der Waals surface area contributed by atoms with Gasteiger partial charge in [0.1, 0.15) is 18.5 Å². The summed E-state index contributed by atoms with van der Waals surface area (Å²) in [6.07, 6.45) is 0.116. The molecule has 1 heterocycles. The summed E-state index contributed by atoms with van der Waals surface area (Å²) in [5.41, 5.74) is 7.03. The summed E-state index contributed by atoms with van der Waals surface area (Å²) in [7, 11) is 0. The van der Waals surface area contributed by atoms with E-state index in [4.69, 9.17) is 15.2 Å². The van der Waals surface area contributed by atoms with Gasteiger partial charge in [-0.2, -0.15) is 0 Å². The lowest BCUT2D eigenvalue weighted by atomic mass is 10.1. The number of morpholine rings is 1. The van der Waals surface area contributed by atoms with Crippen molar-refractivity contribution in [2.24, 2.45) is 5.73 Å². The molecule has 0 aromatic heterocycles. The summed E-state index contributed by atoms with van der Waals surface area (Å²) in [4.78, 5) is 2.42. The van der Waals surface area contributed by atoms with E-state index >= 15 is 0 Å². The second-order valence-corrected chi connectivity index (χ2v) is 6.78. The molecule has 0 aliphatic carbocycles. The lowest BCUT2D eigenvalue weighted by Gasteiger charge is -2.35. The third-order valence-corrected chi connectivity index (χ3v) is 4.28. The predicted octanol–water partition coefficient (Wildman–Crippen LogP) is 2.96. The van der Waals surface area contributed by atoms with Crippen molar-refractivity contribution in [2.45, 2.75) is 39.0 Å². The zero-order chi connectivity index (χ0) is 15.4. The first kappa shape index (κ1) is 16.7. The fourth-order valence-corrected chi connectivity index (χ4v) is 2.88. The van der Waals surface area contributed by atoms with E-state index in [0.29, 0.717) is 12.6 Å². The maximum Gasteiger partial charge on any atom is 0.124 e. The molecule has 1 aromatic carbocycles. The third kappa shape index (κ3) is 4.68. The molecule has 21 heavy (non-hydrogen) atoms. The molecule has 1 saturated heterocycles. The second-order valence-electron chi connectivity index (χ2n) is 5.86. The van der Waals surface area contributed by atoms with Crippen LogP contribution in [0.1, 0.15) is 32.4 Å². The topological polar surface area (TPSA) is 47.7 Å². The van der Waals surface area contributed by atoms with Gasteiger partial charge in [-0.05, 0) is 39.0 Å². The van der Waals surface area contributed by atoms with Crippen molar-refractivity contribution in [1.29, 1.82) is 0 Å². The van der Waals surface area contributed by atoms with E-state index in [1.165, 1.54) is 0 Å². The maximum absolute atomic E-state index is 6.01. The van der Waals surface area contributed by atoms with Crippen LogP contribution in [-0.4, -0.2) is 43.3 Å². The van der Waals surface area contributed by atoms with Gasteiger partial charge in [0.05, 0.1) is 6.61 Å². The van der Waals surface area contributed by atoms with E-state index in [1.807, 2.05) is 25.1 Å². The molecule has 0 amide bonds. The van der Waals surface area contributed by atoms with E-state index in [-0.39, 0.29) is 12.1 Å². The van der Waals surface area contributed by atoms with Gasteiger partial charge in [-0.3, -0.25) is 4.90 Å². The molecule has 5 heteroatoms. The highest BCUT2D eigenvalue weighted by Gasteiger charge is 2.23. The normalized spacial score (nSPS) is 21.5. The third-order valence-electron chi connectivity index (χ3n) is 3.79. The molecule has 0 spiro atoms. The van der Waals surface area contributed by atoms with Crippen LogP contribution in [0.5, 0.6) is 5.75 Å². The van der Waals surface area contributed by atoms with Crippen molar-refractivity contribution < 1.29 is 9.47 Å². The van der Waals surface area contributed by atoms with Crippen molar-refractivity contribution in [1.82, 2.24) is 4.90 Å². The number of rotatable bonds is 5. The molecule has 1 aliphatic rings. The van der Waals surface area contributed by atoms with E-state index < -0.39 is 0 Å². The Bertz CT molecular complexity index is 466. The largest absolute Gasteiger partial charge is 0.490 e. The van der Waals surface area contributed by atoms with Gasteiger partial charge in [0.15, 0.2) is 0 Å². The number of benzene rings is 1. The van der Waals surface area contributed by atoms with Crippen molar-refractivity contribution in [3.63, 3.8) is 0 Å². The quantitative estimate of drug-likeness (QED) is 0.880. The Balaban J connectivity index is 1.96. The molecule has 0 radical (unpaired) electrons. The van der Waals surface area contributed by atoms with Crippen molar-refractivity contribution >= 4 is 15.9 Å². The molecule has 1 unspecified atom stereocenters. The minimum absolute atomic E-state index is 0.0584. The highest BCUT2D eigenvalue weighted by Crippen LogP contribution is 2.27. The summed E-state index contributed by atoms with van der Waals surface area (Å²) < 4.78 is 12.8. The number of nitrogens with zero attached hydrogens (tertiary/aromatic N) is 1. The summed E-state index contributed by atoms with van der Waals surface area (Å²) in [5, 5.41) is 0. The molecular weight excluding hydrogens is 332 g/mol. The molecule has 118 valence electrons. The first-order valence-corrected chi connectivity index (χ1v) is 8.30. The Hall–Kier alpha value is -0.620. The molecule has 2 N–H and O–H groups in total. The monoisotopic (exact) mass is 356 g/mol. The van der Waals surface area contributed by atoms with E-state index in [1.54, 1.807) is 0 Å². The SMILES string of the molecule is CC(C)N1CCOC(COc2ccc(Br)cc2[C@H](C)N)C1. The Morgan fingerprint density at radius 2 is 2.19 bits per heavy atom. The molecule has 4 nitrogen and oxygen atoms in total. The second kappa shape index (κ2) is 7.58. The summed E-state index contributed by atoms with van der Waals surface area (Å²) in [6.45, 7) is 9.64. The molecule has 2 rings (SSSR count).